The Morgan fingerprint density at radius 1 is 0.731 bits per heavy atom. The number of allylic oxidation sites excluding steroid dienone is 10. The van der Waals surface area contributed by atoms with Gasteiger partial charge in [0.05, 0.1) is 0 Å². The molecule has 0 saturated heterocycles. The lowest BCUT2D eigenvalue weighted by molar-refractivity contribution is 1.13. The Morgan fingerprint density at radius 2 is 1.38 bits per heavy atom. The van der Waals surface area contributed by atoms with Gasteiger partial charge in [0, 0.05) is 19.8 Å². The molecule has 0 spiro atoms. The van der Waals surface area contributed by atoms with Crippen molar-refractivity contribution >= 4 is 16.8 Å². The Hall–Kier alpha value is -3.06. The highest BCUT2D eigenvalue weighted by atomic mass is 15.1. The van der Waals surface area contributed by atoms with E-state index in [1.165, 1.54) is 39.1 Å². The molecule has 0 atom stereocenters. The zero-order valence-electron chi connectivity index (χ0n) is 15.3. The number of hydrogen-bond donors (Lipinski definition) is 0. The molecule has 0 unspecified atom stereocenters. The standard InChI is InChI=1S/C25H23N/c1-26(2)22-15-13-19(14-16-22)17-21-18-25(20-9-5-3-4-6-10-20)24-12-8-7-11-23(21)24/h3-16,18H,17H2,1-2H3. The lowest BCUT2D eigenvalue weighted by Crippen LogP contribution is -2.08. The van der Waals surface area contributed by atoms with Gasteiger partial charge in [-0.25, -0.2) is 0 Å². The molecule has 1 heteroatoms. The van der Waals surface area contributed by atoms with Crippen LogP contribution in [0, 0.1) is 0 Å². The second-order valence-corrected chi connectivity index (χ2v) is 6.92. The third-order valence-electron chi connectivity index (χ3n) is 4.92. The number of fused-ring (bicyclic) bond motifs is 1. The molecule has 2 aromatic rings. The van der Waals surface area contributed by atoms with Crippen molar-refractivity contribution in [1.82, 2.24) is 0 Å². The topological polar surface area (TPSA) is 3.24 Å². The Morgan fingerprint density at radius 3 is 2.04 bits per heavy atom. The fourth-order valence-electron chi connectivity index (χ4n) is 3.53. The molecule has 0 heterocycles. The van der Waals surface area contributed by atoms with Crippen LogP contribution in [-0.4, -0.2) is 14.1 Å². The van der Waals surface area contributed by atoms with Crippen LogP contribution in [0.15, 0.2) is 96.6 Å². The Labute approximate surface area is 156 Å². The second-order valence-electron chi connectivity index (χ2n) is 6.92. The Balaban J connectivity index is 1.72. The summed E-state index contributed by atoms with van der Waals surface area (Å²) in [6, 6.07) is 17.6. The van der Waals surface area contributed by atoms with E-state index < -0.39 is 0 Å². The number of nitrogens with zero attached hydrogens (tertiary/aromatic N) is 1. The van der Waals surface area contributed by atoms with Gasteiger partial charge in [-0.05, 0) is 58.0 Å². The molecule has 0 N–H and O–H groups in total. The van der Waals surface area contributed by atoms with E-state index in [1.54, 1.807) is 0 Å². The van der Waals surface area contributed by atoms with Crippen LogP contribution in [-0.2, 0) is 6.42 Å². The van der Waals surface area contributed by atoms with Crippen molar-refractivity contribution < 1.29 is 0 Å². The minimum atomic E-state index is 0.952. The quantitative estimate of drug-likeness (QED) is 0.681. The SMILES string of the molecule is CN(C)c1ccc(CC2=CC(=C3C=CC=CC=C3)c3ccccc32)cc1. The van der Waals surface area contributed by atoms with Gasteiger partial charge in [0.25, 0.3) is 0 Å². The monoisotopic (exact) mass is 337 g/mol. The minimum Gasteiger partial charge on any atom is -0.378 e. The number of hydrogen-bond acceptors (Lipinski definition) is 1. The number of anilines is 1. The number of rotatable bonds is 3. The molecule has 128 valence electrons. The molecule has 1 nitrogen and oxygen atoms in total. The first kappa shape index (κ1) is 16.4. The van der Waals surface area contributed by atoms with Crippen molar-refractivity contribution in [2.45, 2.75) is 6.42 Å². The highest BCUT2D eigenvalue weighted by Gasteiger charge is 2.19. The van der Waals surface area contributed by atoms with Crippen LogP contribution in [0.1, 0.15) is 16.7 Å². The maximum atomic E-state index is 2.36. The van der Waals surface area contributed by atoms with Gasteiger partial charge in [0.2, 0.25) is 0 Å². The molecular weight excluding hydrogens is 314 g/mol. The normalized spacial score (nSPS) is 15.1. The molecule has 0 saturated carbocycles. The summed E-state index contributed by atoms with van der Waals surface area (Å²) >= 11 is 0. The minimum absolute atomic E-state index is 0.952. The molecule has 0 amide bonds. The van der Waals surface area contributed by atoms with Crippen LogP contribution < -0.4 is 4.90 Å². The smallest absolute Gasteiger partial charge is 0.0361 e. The van der Waals surface area contributed by atoms with Crippen molar-refractivity contribution in [2.75, 3.05) is 19.0 Å². The largest absolute Gasteiger partial charge is 0.378 e. The second kappa shape index (κ2) is 7.05. The molecule has 0 bridgehead atoms. The van der Waals surface area contributed by atoms with Gasteiger partial charge in [0.1, 0.15) is 0 Å². The van der Waals surface area contributed by atoms with Crippen molar-refractivity contribution in [3.63, 3.8) is 0 Å². The van der Waals surface area contributed by atoms with Crippen LogP contribution in [0.3, 0.4) is 0 Å². The highest BCUT2D eigenvalue weighted by molar-refractivity contribution is 5.98. The van der Waals surface area contributed by atoms with Crippen molar-refractivity contribution in [2.24, 2.45) is 0 Å². The van der Waals surface area contributed by atoms with E-state index in [1.807, 2.05) is 0 Å². The Kier molecular flexibility index (Phi) is 4.45. The first-order valence-electron chi connectivity index (χ1n) is 9.05. The summed E-state index contributed by atoms with van der Waals surface area (Å²) in [6.07, 6.45) is 16.1. The maximum absolute atomic E-state index is 2.36. The summed E-state index contributed by atoms with van der Waals surface area (Å²) in [5.41, 5.74) is 9.23. The number of benzene rings is 2. The summed E-state index contributed by atoms with van der Waals surface area (Å²) in [7, 11) is 4.15. The molecule has 26 heavy (non-hydrogen) atoms. The van der Waals surface area contributed by atoms with Crippen molar-refractivity contribution in [3.8, 4) is 0 Å². The molecule has 2 aliphatic rings. The van der Waals surface area contributed by atoms with Gasteiger partial charge < -0.3 is 4.90 Å². The third-order valence-corrected chi connectivity index (χ3v) is 4.92. The average molecular weight is 337 g/mol. The molecule has 0 fully saturated rings. The fourth-order valence-corrected chi connectivity index (χ4v) is 3.53. The first-order valence-corrected chi connectivity index (χ1v) is 9.05. The summed E-state index contributed by atoms with van der Waals surface area (Å²) < 4.78 is 0. The zero-order valence-corrected chi connectivity index (χ0v) is 15.3. The molecule has 0 radical (unpaired) electrons. The van der Waals surface area contributed by atoms with E-state index in [0.717, 1.165) is 6.42 Å². The van der Waals surface area contributed by atoms with E-state index in [2.05, 4.69) is 110 Å². The predicted octanol–water partition coefficient (Wildman–Crippen LogP) is 5.83. The van der Waals surface area contributed by atoms with Crippen LogP contribution in [0.4, 0.5) is 5.69 Å². The summed E-state index contributed by atoms with van der Waals surface area (Å²) in [5.74, 6) is 0. The average Bonchev–Trinajstić information content (AvgIpc) is 2.83. The van der Waals surface area contributed by atoms with E-state index in [0.29, 0.717) is 0 Å². The van der Waals surface area contributed by atoms with Gasteiger partial charge in [-0.3, -0.25) is 0 Å². The molecule has 0 aromatic heterocycles. The summed E-state index contributed by atoms with van der Waals surface area (Å²) in [5, 5.41) is 0. The molecular formula is C25H23N. The molecule has 4 rings (SSSR count). The van der Waals surface area contributed by atoms with E-state index >= 15 is 0 Å². The third kappa shape index (κ3) is 3.21. The lowest BCUT2D eigenvalue weighted by atomic mass is 9.98. The van der Waals surface area contributed by atoms with Gasteiger partial charge in [-0.2, -0.15) is 0 Å². The van der Waals surface area contributed by atoms with Crippen LogP contribution >= 0.6 is 0 Å². The predicted molar refractivity (Wildman–Crippen MR) is 113 cm³/mol. The van der Waals surface area contributed by atoms with Gasteiger partial charge in [0.15, 0.2) is 0 Å². The fraction of sp³-hybridized carbons (Fsp3) is 0.120. The van der Waals surface area contributed by atoms with Crippen molar-refractivity contribution in [3.05, 3.63) is 113 Å². The zero-order chi connectivity index (χ0) is 17.9. The first-order chi connectivity index (χ1) is 12.7. The van der Waals surface area contributed by atoms with Gasteiger partial charge in [-0.15, -0.1) is 0 Å². The van der Waals surface area contributed by atoms with Crippen molar-refractivity contribution in [1.29, 1.82) is 0 Å². The van der Waals surface area contributed by atoms with E-state index in [-0.39, 0.29) is 0 Å². The summed E-state index contributed by atoms with van der Waals surface area (Å²) in [4.78, 5) is 2.13. The maximum Gasteiger partial charge on any atom is 0.0361 e. The Bertz CT molecular complexity index is 945. The van der Waals surface area contributed by atoms with E-state index in [4.69, 9.17) is 0 Å². The van der Waals surface area contributed by atoms with Crippen LogP contribution in [0.25, 0.3) is 11.1 Å². The van der Waals surface area contributed by atoms with Crippen LogP contribution in [0.2, 0.25) is 0 Å². The van der Waals surface area contributed by atoms with E-state index in [9.17, 15) is 0 Å². The molecule has 0 aliphatic heterocycles. The van der Waals surface area contributed by atoms with Gasteiger partial charge in [-0.1, -0.05) is 72.9 Å². The lowest BCUT2D eigenvalue weighted by Gasteiger charge is -2.13. The summed E-state index contributed by atoms with van der Waals surface area (Å²) in [6.45, 7) is 0. The van der Waals surface area contributed by atoms with Gasteiger partial charge >= 0.3 is 0 Å². The molecule has 2 aliphatic carbocycles. The molecule has 2 aromatic carbocycles. The highest BCUT2D eigenvalue weighted by Crippen LogP contribution is 2.39. The van der Waals surface area contributed by atoms with Crippen LogP contribution in [0.5, 0.6) is 0 Å².